The van der Waals surface area contributed by atoms with Gasteiger partial charge in [0.1, 0.15) is 17.6 Å². The Hall–Kier alpha value is -2.32. The number of hydrogen-bond acceptors (Lipinski definition) is 6. The van der Waals surface area contributed by atoms with Gasteiger partial charge in [-0.2, -0.15) is 0 Å². The molecule has 1 aromatic rings. The molecule has 1 N–H and O–H groups in total. The van der Waals surface area contributed by atoms with Crippen molar-refractivity contribution in [1.29, 1.82) is 0 Å². The van der Waals surface area contributed by atoms with Crippen molar-refractivity contribution in [3.8, 4) is 11.5 Å². The molecule has 1 aromatic carbocycles. The monoisotopic (exact) mass is 377 g/mol. The summed E-state index contributed by atoms with van der Waals surface area (Å²) in [6, 6.07) is 5.26. The van der Waals surface area contributed by atoms with E-state index in [2.05, 4.69) is 5.32 Å². The number of nitrogens with one attached hydrogen (secondary N) is 1. The topological polar surface area (TPSA) is 80.3 Å². The highest BCUT2D eigenvalue weighted by Crippen LogP contribution is 2.28. The van der Waals surface area contributed by atoms with Gasteiger partial charge in [0.05, 0.1) is 26.5 Å². The molecule has 2 heterocycles. The van der Waals surface area contributed by atoms with Crippen molar-refractivity contribution in [2.75, 3.05) is 58.9 Å². The molecule has 0 bridgehead atoms. The van der Waals surface area contributed by atoms with Crippen molar-refractivity contribution < 1.29 is 23.8 Å². The number of amides is 2. The Kier molecular flexibility index (Phi) is 6.52. The molecule has 2 amide bonds. The van der Waals surface area contributed by atoms with Gasteiger partial charge in [0.25, 0.3) is 5.91 Å². The predicted octanol–water partition coefficient (Wildman–Crippen LogP) is 0.966. The fraction of sp³-hybridized carbons (Fsp3) is 0.579. The van der Waals surface area contributed by atoms with Crippen molar-refractivity contribution in [2.45, 2.75) is 18.9 Å². The largest absolute Gasteiger partial charge is 0.497 e. The number of piperazine rings is 1. The second kappa shape index (κ2) is 9.05. The van der Waals surface area contributed by atoms with Gasteiger partial charge in [0, 0.05) is 38.9 Å². The highest BCUT2D eigenvalue weighted by atomic mass is 16.5. The molecule has 2 fully saturated rings. The number of ether oxygens (including phenoxy) is 3. The lowest BCUT2D eigenvalue weighted by molar-refractivity contribution is -0.142. The summed E-state index contributed by atoms with van der Waals surface area (Å²) in [4.78, 5) is 28.7. The molecule has 0 aromatic heterocycles. The number of carbonyl (C=O) groups is 2. The maximum atomic E-state index is 12.4. The number of benzene rings is 1. The van der Waals surface area contributed by atoms with Crippen molar-refractivity contribution in [3.63, 3.8) is 0 Å². The highest BCUT2D eigenvalue weighted by Gasteiger charge is 2.30. The van der Waals surface area contributed by atoms with Crippen LogP contribution in [-0.4, -0.2) is 81.3 Å². The van der Waals surface area contributed by atoms with Crippen LogP contribution in [0.4, 0.5) is 5.69 Å². The van der Waals surface area contributed by atoms with Crippen LogP contribution in [0.3, 0.4) is 0 Å². The first-order valence-corrected chi connectivity index (χ1v) is 9.25. The molecule has 0 radical (unpaired) electrons. The quantitative estimate of drug-likeness (QED) is 0.796. The Morgan fingerprint density at radius 1 is 1.19 bits per heavy atom. The summed E-state index contributed by atoms with van der Waals surface area (Å²) in [6.07, 6.45) is 1.48. The number of hydrogen-bond donors (Lipinski definition) is 1. The molecule has 2 aliphatic heterocycles. The van der Waals surface area contributed by atoms with Gasteiger partial charge in [-0.15, -0.1) is 0 Å². The normalized spacial score (nSPS) is 20.4. The van der Waals surface area contributed by atoms with Crippen LogP contribution in [0, 0.1) is 0 Å². The zero-order chi connectivity index (χ0) is 19.2. The van der Waals surface area contributed by atoms with Crippen LogP contribution in [0.2, 0.25) is 0 Å². The summed E-state index contributed by atoms with van der Waals surface area (Å²) in [6.45, 7) is 3.51. The van der Waals surface area contributed by atoms with E-state index in [1.54, 1.807) is 32.4 Å². The molecule has 148 valence electrons. The molecule has 0 unspecified atom stereocenters. The van der Waals surface area contributed by atoms with Gasteiger partial charge >= 0.3 is 0 Å². The maximum Gasteiger partial charge on any atom is 0.251 e. The van der Waals surface area contributed by atoms with Gasteiger partial charge in [0.15, 0.2) is 0 Å². The molecule has 0 spiro atoms. The number of carbonyl (C=O) groups excluding carboxylic acids is 2. The Balaban J connectivity index is 1.49. The first-order chi connectivity index (χ1) is 13.1. The van der Waals surface area contributed by atoms with Crippen LogP contribution in [0.25, 0.3) is 0 Å². The predicted molar refractivity (Wildman–Crippen MR) is 100 cm³/mol. The smallest absolute Gasteiger partial charge is 0.251 e. The molecule has 8 heteroatoms. The number of methoxy groups -OCH3 is 2. The van der Waals surface area contributed by atoms with E-state index >= 15 is 0 Å². The summed E-state index contributed by atoms with van der Waals surface area (Å²) < 4.78 is 16.0. The van der Waals surface area contributed by atoms with Gasteiger partial charge < -0.3 is 24.4 Å². The molecule has 2 saturated heterocycles. The molecule has 2 aliphatic rings. The average Bonchev–Trinajstić information content (AvgIpc) is 3.22. The van der Waals surface area contributed by atoms with E-state index in [0.717, 1.165) is 12.8 Å². The van der Waals surface area contributed by atoms with E-state index in [-0.39, 0.29) is 24.5 Å². The third-order valence-corrected chi connectivity index (χ3v) is 4.94. The Morgan fingerprint density at radius 3 is 2.59 bits per heavy atom. The van der Waals surface area contributed by atoms with Crippen LogP contribution in [0.15, 0.2) is 18.2 Å². The van der Waals surface area contributed by atoms with Crippen LogP contribution in [0.5, 0.6) is 11.5 Å². The SMILES string of the molecule is COc1ccc(OC)c(NC(=O)CN2CCN(C(=O)[C@@H]3CCCO3)CC2)c1. The van der Waals surface area contributed by atoms with Crippen LogP contribution in [0.1, 0.15) is 12.8 Å². The summed E-state index contributed by atoms with van der Waals surface area (Å²) in [7, 11) is 3.13. The number of nitrogens with zero attached hydrogens (tertiary/aromatic N) is 2. The minimum atomic E-state index is -0.277. The van der Waals surface area contributed by atoms with Gasteiger partial charge in [-0.1, -0.05) is 0 Å². The lowest BCUT2D eigenvalue weighted by Crippen LogP contribution is -2.52. The van der Waals surface area contributed by atoms with Crippen molar-refractivity contribution in [3.05, 3.63) is 18.2 Å². The molecular formula is C19H27N3O5. The summed E-state index contributed by atoms with van der Waals surface area (Å²) in [5, 5.41) is 2.88. The van der Waals surface area contributed by atoms with Crippen LogP contribution < -0.4 is 14.8 Å². The lowest BCUT2D eigenvalue weighted by Gasteiger charge is -2.35. The Bertz CT molecular complexity index is 667. The fourth-order valence-corrected chi connectivity index (χ4v) is 3.41. The molecule has 0 saturated carbocycles. The standard InChI is InChI=1S/C19H27N3O5/c1-25-14-5-6-16(26-2)15(12-14)20-18(23)13-21-7-9-22(10-8-21)19(24)17-4-3-11-27-17/h5-6,12,17H,3-4,7-11,13H2,1-2H3,(H,20,23)/t17-/m0/s1. The average molecular weight is 377 g/mol. The maximum absolute atomic E-state index is 12.4. The number of anilines is 1. The molecule has 8 nitrogen and oxygen atoms in total. The summed E-state index contributed by atoms with van der Waals surface area (Å²) in [5.74, 6) is 1.18. The first-order valence-electron chi connectivity index (χ1n) is 9.25. The van der Waals surface area contributed by atoms with Gasteiger partial charge in [-0.25, -0.2) is 0 Å². The molecule has 27 heavy (non-hydrogen) atoms. The second-order valence-corrected chi connectivity index (χ2v) is 6.72. The van der Waals surface area contributed by atoms with E-state index in [1.165, 1.54) is 0 Å². The van der Waals surface area contributed by atoms with Crippen LogP contribution in [-0.2, 0) is 14.3 Å². The Morgan fingerprint density at radius 2 is 1.96 bits per heavy atom. The zero-order valence-electron chi connectivity index (χ0n) is 15.9. The van der Waals surface area contributed by atoms with Crippen molar-refractivity contribution >= 4 is 17.5 Å². The molecule has 3 rings (SSSR count). The third kappa shape index (κ3) is 4.90. The third-order valence-electron chi connectivity index (χ3n) is 4.94. The van der Waals surface area contributed by atoms with E-state index < -0.39 is 0 Å². The minimum absolute atomic E-state index is 0.0812. The van der Waals surface area contributed by atoms with Gasteiger partial charge in [-0.05, 0) is 25.0 Å². The van der Waals surface area contributed by atoms with E-state index in [9.17, 15) is 9.59 Å². The number of rotatable bonds is 6. The molecule has 0 aliphatic carbocycles. The summed E-state index contributed by atoms with van der Waals surface area (Å²) in [5.41, 5.74) is 0.578. The van der Waals surface area contributed by atoms with Crippen LogP contribution >= 0.6 is 0 Å². The van der Waals surface area contributed by atoms with Gasteiger partial charge in [-0.3, -0.25) is 14.5 Å². The minimum Gasteiger partial charge on any atom is -0.497 e. The first kappa shape index (κ1) is 19.4. The van der Waals surface area contributed by atoms with E-state index in [4.69, 9.17) is 14.2 Å². The fourth-order valence-electron chi connectivity index (χ4n) is 3.41. The van der Waals surface area contributed by atoms with Crippen molar-refractivity contribution in [2.24, 2.45) is 0 Å². The van der Waals surface area contributed by atoms with Gasteiger partial charge in [0.2, 0.25) is 5.91 Å². The zero-order valence-corrected chi connectivity index (χ0v) is 15.9. The highest BCUT2D eigenvalue weighted by molar-refractivity contribution is 5.94. The van der Waals surface area contributed by atoms with Crippen molar-refractivity contribution in [1.82, 2.24) is 9.80 Å². The summed E-state index contributed by atoms with van der Waals surface area (Å²) >= 11 is 0. The molecule has 1 atom stereocenters. The second-order valence-electron chi connectivity index (χ2n) is 6.72. The van der Waals surface area contributed by atoms with E-state index in [0.29, 0.717) is 50.0 Å². The lowest BCUT2D eigenvalue weighted by atomic mass is 10.2. The molecular weight excluding hydrogens is 350 g/mol. The Labute approximate surface area is 159 Å². The van der Waals surface area contributed by atoms with E-state index in [1.807, 2.05) is 9.80 Å².